The number of ether oxygens (including phenoxy) is 2. The van der Waals surface area contributed by atoms with Gasteiger partial charge in [-0.05, 0) is 71.4 Å². The molecule has 0 unspecified atom stereocenters. The van der Waals surface area contributed by atoms with Crippen molar-refractivity contribution < 1.29 is 18.7 Å². The molecule has 10 heteroatoms. The number of amides is 1. The first kappa shape index (κ1) is 19.2. The van der Waals surface area contributed by atoms with Crippen LogP contribution in [0.2, 0.25) is 0 Å². The molecule has 0 radical (unpaired) electrons. The number of nitrogens with zero attached hydrogens (tertiary/aromatic N) is 4. The van der Waals surface area contributed by atoms with Crippen molar-refractivity contribution in [2.75, 3.05) is 18.5 Å². The Morgan fingerprint density at radius 3 is 2.74 bits per heavy atom. The van der Waals surface area contributed by atoms with Gasteiger partial charge >= 0.3 is 0 Å². The third kappa shape index (κ3) is 3.73. The lowest BCUT2D eigenvalue weighted by Gasteiger charge is -2.18. The first-order valence-electron chi connectivity index (χ1n) is 9.44. The topological polar surface area (TPSA) is 91.2 Å². The molecule has 0 fully saturated rings. The number of rotatable bonds is 4. The molecule has 2 aromatic carbocycles. The zero-order valence-electron chi connectivity index (χ0n) is 16.3. The molecule has 0 bridgehead atoms. The molecule has 1 amide bonds. The molecule has 4 aromatic rings. The highest BCUT2D eigenvalue weighted by Crippen LogP contribution is 2.37. The summed E-state index contributed by atoms with van der Waals surface area (Å²) in [7, 11) is 0. The monoisotopic (exact) mass is 437 g/mol. The van der Waals surface area contributed by atoms with Gasteiger partial charge in [0.2, 0.25) is 0 Å². The van der Waals surface area contributed by atoms with Gasteiger partial charge in [0.05, 0.1) is 4.88 Å². The van der Waals surface area contributed by atoms with Gasteiger partial charge in [-0.25, -0.2) is 4.39 Å². The number of fused-ring (bicyclic) bond motifs is 1. The summed E-state index contributed by atoms with van der Waals surface area (Å²) < 4.78 is 26.7. The smallest absolute Gasteiger partial charge is 0.265 e. The van der Waals surface area contributed by atoms with Gasteiger partial charge in [0, 0.05) is 10.6 Å². The Labute approximate surface area is 180 Å². The predicted molar refractivity (Wildman–Crippen MR) is 113 cm³/mol. The standard InChI is InChI=1S/C21H16FN5O3S/c1-12-24-25-26-27(12)16-11-14(3-4-15(16)22)23-21(28)20-7-6-19(31-20)13-2-5-17-18(10-13)30-9-8-29-17/h2-7,10-11H,8-9H2,1H3,(H,23,28). The molecular formula is C21H16FN5O3S. The summed E-state index contributed by atoms with van der Waals surface area (Å²) in [5, 5.41) is 13.9. The molecule has 0 saturated carbocycles. The normalized spacial score (nSPS) is 12.6. The van der Waals surface area contributed by atoms with Crippen molar-refractivity contribution in [3.8, 4) is 27.6 Å². The SMILES string of the molecule is Cc1nnnn1-c1cc(NC(=O)c2ccc(-c3ccc4c(c3)OCCO4)s2)ccc1F. The average Bonchev–Trinajstić information content (AvgIpc) is 3.44. The number of thiophene rings is 1. The summed E-state index contributed by atoms with van der Waals surface area (Å²) in [6.45, 7) is 2.71. The average molecular weight is 437 g/mol. The second kappa shape index (κ2) is 7.80. The van der Waals surface area contributed by atoms with E-state index in [9.17, 15) is 9.18 Å². The Hall–Kier alpha value is -3.79. The van der Waals surface area contributed by atoms with E-state index in [0.717, 1.165) is 16.2 Å². The van der Waals surface area contributed by atoms with Crippen LogP contribution in [-0.4, -0.2) is 39.3 Å². The summed E-state index contributed by atoms with van der Waals surface area (Å²) in [5.74, 6) is 1.06. The lowest BCUT2D eigenvalue weighted by atomic mass is 10.1. The Kier molecular flexibility index (Phi) is 4.83. The highest BCUT2D eigenvalue weighted by Gasteiger charge is 2.16. The molecule has 156 valence electrons. The number of nitrogens with one attached hydrogen (secondary N) is 1. The lowest BCUT2D eigenvalue weighted by molar-refractivity contribution is 0.103. The van der Waals surface area contributed by atoms with Crippen molar-refractivity contribution in [3.05, 3.63) is 65.0 Å². The first-order valence-corrected chi connectivity index (χ1v) is 10.3. The number of aryl methyl sites for hydroxylation is 1. The summed E-state index contributed by atoms with van der Waals surface area (Å²) in [6.07, 6.45) is 0. The quantitative estimate of drug-likeness (QED) is 0.521. The number of hydrogen-bond donors (Lipinski definition) is 1. The van der Waals surface area contributed by atoms with Crippen LogP contribution in [0.25, 0.3) is 16.1 Å². The fraction of sp³-hybridized carbons (Fsp3) is 0.143. The van der Waals surface area contributed by atoms with Gasteiger partial charge in [-0.2, -0.15) is 4.68 Å². The van der Waals surface area contributed by atoms with Crippen LogP contribution < -0.4 is 14.8 Å². The van der Waals surface area contributed by atoms with Crippen molar-refractivity contribution in [3.63, 3.8) is 0 Å². The number of tetrazole rings is 1. The van der Waals surface area contributed by atoms with Crippen LogP contribution in [0.5, 0.6) is 11.5 Å². The number of benzene rings is 2. The van der Waals surface area contributed by atoms with Gasteiger partial charge in [0.25, 0.3) is 5.91 Å². The minimum absolute atomic E-state index is 0.156. The highest BCUT2D eigenvalue weighted by molar-refractivity contribution is 7.17. The van der Waals surface area contributed by atoms with Crippen LogP contribution in [0.15, 0.2) is 48.5 Å². The van der Waals surface area contributed by atoms with E-state index in [-0.39, 0.29) is 11.6 Å². The maximum absolute atomic E-state index is 14.2. The van der Waals surface area contributed by atoms with Crippen molar-refractivity contribution in [1.29, 1.82) is 0 Å². The maximum Gasteiger partial charge on any atom is 0.265 e. The third-order valence-electron chi connectivity index (χ3n) is 4.71. The van der Waals surface area contributed by atoms with Crippen LogP contribution in [0.3, 0.4) is 0 Å². The van der Waals surface area contributed by atoms with Crippen molar-refractivity contribution >= 4 is 22.9 Å². The number of halogens is 1. The van der Waals surface area contributed by atoms with E-state index in [4.69, 9.17) is 9.47 Å². The Bertz CT molecular complexity index is 1290. The molecule has 1 aliphatic rings. The molecule has 2 aromatic heterocycles. The van der Waals surface area contributed by atoms with Crippen LogP contribution >= 0.6 is 11.3 Å². The van der Waals surface area contributed by atoms with E-state index in [1.807, 2.05) is 24.3 Å². The molecule has 1 aliphatic heterocycles. The Balaban J connectivity index is 1.36. The predicted octanol–water partition coefficient (Wildman–Crippen LogP) is 3.86. The molecule has 3 heterocycles. The van der Waals surface area contributed by atoms with E-state index in [0.29, 0.717) is 35.4 Å². The summed E-state index contributed by atoms with van der Waals surface area (Å²) >= 11 is 1.35. The van der Waals surface area contributed by atoms with Crippen molar-refractivity contribution in [2.24, 2.45) is 0 Å². The van der Waals surface area contributed by atoms with E-state index in [1.54, 1.807) is 13.0 Å². The van der Waals surface area contributed by atoms with Crippen LogP contribution in [0.1, 0.15) is 15.5 Å². The Morgan fingerprint density at radius 2 is 1.94 bits per heavy atom. The molecule has 0 saturated heterocycles. The second-order valence-corrected chi connectivity index (χ2v) is 7.86. The number of anilines is 1. The lowest BCUT2D eigenvalue weighted by Crippen LogP contribution is -2.15. The molecule has 1 N–H and O–H groups in total. The fourth-order valence-electron chi connectivity index (χ4n) is 3.21. The van der Waals surface area contributed by atoms with E-state index >= 15 is 0 Å². The van der Waals surface area contributed by atoms with Gasteiger partial charge < -0.3 is 14.8 Å². The summed E-state index contributed by atoms with van der Waals surface area (Å²) in [5.41, 5.74) is 1.53. The van der Waals surface area contributed by atoms with E-state index in [2.05, 4.69) is 20.8 Å². The molecule has 8 nitrogen and oxygen atoms in total. The van der Waals surface area contributed by atoms with Gasteiger partial charge in [0.15, 0.2) is 17.3 Å². The second-order valence-electron chi connectivity index (χ2n) is 6.78. The molecule has 0 atom stereocenters. The van der Waals surface area contributed by atoms with Crippen LogP contribution in [0, 0.1) is 12.7 Å². The van der Waals surface area contributed by atoms with Crippen molar-refractivity contribution in [2.45, 2.75) is 6.92 Å². The summed E-state index contributed by atoms with van der Waals surface area (Å²) in [4.78, 5) is 14.2. The molecular weight excluding hydrogens is 421 g/mol. The maximum atomic E-state index is 14.2. The van der Waals surface area contributed by atoms with E-state index < -0.39 is 5.82 Å². The molecule has 0 spiro atoms. The highest BCUT2D eigenvalue weighted by atomic mass is 32.1. The number of aromatic nitrogens is 4. The number of hydrogen-bond acceptors (Lipinski definition) is 7. The van der Waals surface area contributed by atoms with Gasteiger partial charge in [-0.3, -0.25) is 4.79 Å². The molecule has 5 rings (SSSR count). The first-order chi connectivity index (χ1) is 15.1. The minimum atomic E-state index is -0.495. The molecule has 0 aliphatic carbocycles. The van der Waals surface area contributed by atoms with Gasteiger partial charge in [0.1, 0.15) is 24.7 Å². The zero-order chi connectivity index (χ0) is 21.4. The number of carbonyl (C=O) groups excluding carboxylic acids is 1. The minimum Gasteiger partial charge on any atom is -0.486 e. The van der Waals surface area contributed by atoms with Crippen LogP contribution in [0.4, 0.5) is 10.1 Å². The summed E-state index contributed by atoms with van der Waals surface area (Å²) in [6, 6.07) is 13.6. The zero-order valence-corrected chi connectivity index (χ0v) is 17.1. The Morgan fingerprint density at radius 1 is 1.10 bits per heavy atom. The van der Waals surface area contributed by atoms with Gasteiger partial charge in [-0.15, -0.1) is 16.4 Å². The van der Waals surface area contributed by atoms with Gasteiger partial charge in [-0.1, -0.05) is 0 Å². The van der Waals surface area contributed by atoms with Crippen molar-refractivity contribution in [1.82, 2.24) is 20.2 Å². The largest absolute Gasteiger partial charge is 0.486 e. The van der Waals surface area contributed by atoms with Crippen LogP contribution in [-0.2, 0) is 0 Å². The molecule has 31 heavy (non-hydrogen) atoms. The fourth-order valence-corrected chi connectivity index (χ4v) is 4.11. The van der Waals surface area contributed by atoms with E-state index in [1.165, 1.54) is 34.2 Å². The number of carbonyl (C=O) groups is 1. The third-order valence-corrected chi connectivity index (χ3v) is 5.85.